The monoisotopic (exact) mass is 434 g/mol. The molecule has 2 aromatic rings. The van der Waals surface area contributed by atoms with Crippen LogP contribution in [0.25, 0.3) is 0 Å². The van der Waals surface area contributed by atoms with Crippen molar-refractivity contribution < 1.29 is 4.79 Å². The topological polar surface area (TPSA) is 17.1 Å². The van der Waals surface area contributed by atoms with Crippen LogP contribution in [0.3, 0.4) is 0 Å². The molecule has 0 atom stereocenters. The van der Waals surface area contributed by atoms with E-state index in [1.807, 2.05) is 30.3 Å². The van der Waals surface area contributed by atoms with Crippen molar-refractivity contribution in [1.82, 2.24) is 0 Å². The fraction of sp³-hybridized carbons (Fsp3) is 0.0714. The molecule has 0 spiro atoms. The molecular formula is C14H9BrClIO. The molecule has 1 nitrogen and oxygen atoms in total. The van der Waals surface area contributed by atoms with E-state index in [1.165, 1.54) is 0 Å². The lowest BCUT2D eigenvalue weighted by molar-refractivity contribution is 0.0992. The van der Waals surface area contributed by atoms with Crippen LogP contribution in [-0.2, 0) is 6.42 Å². The van der Waals surface area contributed by atoms with Gasteiger partial charge in [0.25, 0.3) is 0 Å². The third-order valence-corrected chi connectivity index (χ3v) is 4.15. The summed E-state index contributed by atoms with van der Waals surface area (Å²) in [7, 11) is 0. The average molecular weight is 435 g/mol. The summed E-state index contributed by atoms with van der Waals surface area (Å²) in [6.07, 6.45) is 0.385. The van der Waals surface area contributed by atoms with E-state index in [-0.39, 0.29) is 5.78 Å². The minimum absolute atomic E-state index is 0.0833. The van der Waals surface area contributed by atoms with Gasteiger partial charge in [-0.15, -0.1) is 0 Å². The third-order valence-electron chi connectivity index (χ3n) is 2.48. The number of Topliss-reactive ketones (excluding diaryl/α,β-unsaturated/α-hetero) is 1. The van der Waals surface area contributed by atoms with Crippen molar-refractivity contribution in [1.29, 1.82) is 0 Å². The van der Waals surface area contributed by atoms with Crippen molar-refractivity contribution in [3.8, 4) is 0 Å². The van der Waals surface area contributed by atoms with Gasteiger partial charge in [0.05, 0.1) is 0 Å². The number of hydrogen-bond donors (Lipinski definition) is 0. The van der Waals surface area contributed by atoms with Gasteiger partial charge in [0.1, 0.15) is 0 Å². The highest BCUT2D eigenvalue weighted by molar-refractivity contribution is 14.1. The Morgan fingerprint density at radius 2 is 2.00 bits per heavy atom. The van der Waals surface area contributed by atoms with Crippen LogP contribution in [0.4, 0.5) is 0 Å². The van der Waals surface area contributed by atoms with Gasteiger partial charge >= 0.3 is 0 Å². The lowest BCUT2D eigenvalue weighted by Crippen LogP contribution is -2.05. The van der Waals surface area contributed by atoms with E-state index in [9.17, 15) is 4.79 Å². The van der Waals surface area contributed by atoms with E-state index in [0.29, 0.717) is 17.0 Å². The Kier molecular flexibility index (Phi) is 4.81. The summed E-state index contributed by atoms with van der Waals surface area (Å²) < 4.78 is 1.91. The molecule has 0 heterocycles. The minimum atomic E-state index is 0.0833. The molecule has 0 N–H and O–H groups in total. The number of benzene rings is 2. The molecule has 0 radical (unpaired) electrons. The molecule has 0 aliphatic rings. The summed E-state index contributed by atoms with van der Waals surface area (Å²) in [5, 5.41) is 0.591. The van der Waals surface area contributed by atoms with Crippen LogP contribution in [0.15, 0.2) is 46.9 Å². The van der Waals surface area contributed by atoms with Gasteiger partial charge in [-0.2, -0.15) is 0 Å². The van der Waals surface area contributed by atoms with Crippen LogP contribution >= 0.6 is 50.1 Å². The number of rotatable bonds is 3. The zero-order chi connectivity index (χ0) is 13.1. The summed E-state index contributed by atoms with van der Waals surface area (Å²) in [5.41, 5.74) is 1.67. The highest BCUT2D eigenvalue weighted by Crippen LogP contribution is 2.20. The van der Waals surface area contributed by atoms with Gasteiger partial charge in [0.15, 0.2) is 5.78 Å². The van der Waals surface area contributed by atoms with E-state index >= 15 is 0 Å². The molecule has 0 saturated carbocycles. The van der Waals surface area contributed by atoms with Crippen LogP contribution in [0.5, 0.6) is 0 Å². The summed E-state index contributed by atoms with van der Waals surface area (Å²) >= 11 is 11.5. The van der Waals surface area contributed by atoms with Crippen molar-refractivity contribution in [3.05, 3.63) is 66.7 Å². The molecule has 0 fully saturated rings. The van der Waals surface area contributed by atoms with Crippen LogP contribution in [-0.4, -0.2) is 5.78 Å². The van der Waals surface area contributed by atoms with E-state index in [2.05, 4.69) is 38.5 Å². The predicted molar refractivity (Wildman–Crippen MR) is 86.3 cm³/mol. The number of carbonyl (C=O) groups excluding carboxylic acids is 1. The Bertz CT molecular complexity index is 598. The van der Waals surface area contributed by atoms with Crippen molar-refractivity contribution in [2.45, 2.75) is 6.42 Å². The molecule has 0 aromatic heterocycles. The van der Waals surface area contributed by atoms with Crippen molar-refractivity contribution in [3.63, 3.8) is 0 Å². The van der Waals surface area contributed by atoms with Crippen molar-refractivity contribution >= 4 is 55.9 Å². The third kappa shape index (κ3) is 3.56. The first-order chi connectivity index (χ1) is 8.56. The highest BCUT2D eigenvalue weighted by atomic mass is 127. The molecule has 0 unspecified atom stereocenters. The molecule has 2 rings (SSSR count). The van der Waals surface area contributed by atoms with Crippen molar-refractivity contribution in [2.24, 2.45) is 0 Å². The molecule has 0 aliphatic carbocycles. The van der Waals surface area contributed by atoms with Gasteiger partial charge in [0.2, 0.25) is 0 Å². The number of carbonyl (C=O) groups is 1. The Hall–Kier alpha value is -0.390. The zero-order valence-electron chi connectivity index (χ0n) is 9.29. The van der Waals surface area contributed by atoms with E-state index in [4.69, 9.17) is 11.6 Å². The number of halogens is 3. The van der Waals surface area contributed by atoms with Gasteiger partial charge < -0.3 is 0 Å². The van der Waals surface area contributed by atoms with Crippen molar-refractivity contribution in [2.75, 3.05) is 0 Å². The Morgan fingerprint density at radius 3 is 2.72 bits per heavy atom. The fourth-order valence-electron chi connectivity index (χ4n) is 1.64. The Balaban J connectivity index is 2.24. The zero-order valence-corrected chi connectivity index (χ0v) is 13.8. The van der Waals surface area contributed by atoms with Crippen LogP contribution in [0.2, 0.25) is 5.02 Å². The molecule has 0 bridgehead atoms. The first kappa shape index (κ1) is 14.0. The van der Waals surface area contributed by atoms with E-state index in [0.717, 1.165) is 13.6 Å². The summed E-state index contributed by atoms with van der Waals surface area (Å²) in [6, 6.07) is 13.1. The maximum atomic E-state index is 12.2. The summed E-state index contributed by atoms with van der Waals surface area (Å²) in [5.74, 6) is 0.0833. The first-order valence-electron chi connectivity index (χ1n) is 5.29. The minimum Gasteiger partial charge on any atom is -0.294 e. The molecule has 92 valence electrons. The number of hydrogen-bond acceptors (Lipinski definition) is 1. The van der Waals surface area contributed by atoms with Gasteiger partial charge in [-0.25, -0.2) is 0 Å². The van der Waals surface area contributed by atoms with Crippen LogP contribution < -0.4 is 0 Å². The first-order valence-corrected chi connectivity index (χ1v) is 7.54. The lowest BCUT2D eigenvalue weighted by atomic mass is 10.0. The van der Waals surface area contributed by atoms with E-state index < -0.39 is 0 Å². The van der Waals surface area contributed by atoms with Crippen LogP contribution in [0.1, 0.15) is 15.9 Å². The molecule has 0 aliphatic heterocycles. The summed E-state index contributed by atoms with van der Waals surface area (Å²) in [6.45, 7) is 0. The second-order valence-electron chi connectivity index (χ2n) is 3.85. The largest absolute Gasteiger partial charge is 0.294 e. The Morgan fingerprint density at radius 1 is 1.22 bits per heavy atom. The quantitative estimate of drug-likeness (QED) is 0.482. The Labute approximate surface area is 133 Å². The smallest absolute Gasteiger partial charge is 0.168 e. The normalized spacial score (nSPS) is 10.4. The molecule has 0 saturated heterocycles. The molecule has 18 heavy (non-hydrogen) atoms. The molecule has 4 heteroatoms. The summed E-state index contributed by atoms with van der Waals surface area (Å²) in [4.78, 5) is 12.2. The van der Waals surface area contributed by atoms with Crippen LogP contribution in [0, 0.1) is 3.57 Å². The lowest BCUT2D eigenvalue weighted by Gasteiger charge is -2.05. The second kappa shape index (κ2) is 6.17. The van der Waals surface area contributed by atoms with Gasteiger partial charge in [-0.05, 0) is 58.5 Å². The average Bonchev–Trinajstić information content (AvgIpc) is 2.32. The molecular weight excluding hydrogens is 426 g/mol. The van der Waals surface area contributed by atoms with E-state index in [1.54, 1.807) is 12.1 Å². The number of ketones is 1. The molecule has 2 aromatic carbocycles. The van der Waals surface area contributed by atoms with Gasteiger partial charge in [-0.3, -0.25) is 4.79 Å². The SMILES string of the molecule is O=C(Cc1cccc(Br)c1)c1cc(Cl)ccc1I. The van der Waals surface area contributed by atoms with Gasteiger partial charge in [-0.1, -0.05) is 39.7 Å². The standard InChI is InChI=1S/C14H9BrClIO/c15-10-3-1-2-9(6-10)7-14(18)12-8-11(16)4-5-13(12)17/h1-6,8H,7H2. The predicted octanol–water partition coefficient (Wildman–Crippen LogP) is 5.13. The van der Waals surface area contributed by atoms with Gasteiger partial charge in [0, 0.05) is 25.0 Å². The molecule has 0 amide bonds. The maximum Gasteiger partial charge on any atom is 0.168 e. The fourth-order valence-corrected chi connectivity index (χ4v) is 2.89. The second-order valence-corrected chi connectivity index (χ2v) is 6.37. The maximum absolute atomic E-state index is 12.2. The highest BCUT2D eigenvalue weighted by Gasteiger charge is 2.11.